The third kappa shape index (κ3) is 6.07. The minimum absolute atomic E-state index is 0.0399. The van der Waals surface area contributed by atoms with E-state index in [-0.39, 0.29) is 29.1 Å². The van der Waals surface area contributed by atoms with E-state index in [1.807, 2.05) is 12.1 Å². The van der Waals surface area contributed by atoms with Crippen molar-refractivity contribution in [1.29, 1.82) is 0 Å². The molecule has 7 nitrogen and oxygen atoms in total. The van der Waals surface area contributed by atoms with E-state index in [9.17, 15) is 13.2 Å². The van der Waals surface area contributed by atoms with Gasteiger partial charge in [-0.2, -0.15) is 0 Å². The number of carbonyl (C=O) groups is 1. The molecule has 1 aromatic carbocycles. The van der Waals surface area contributed by atoms with Crippen molar-refractivity contribution in [2.24, 2.45) is 5.92 Å². The molecule has 1 aliphatic heterocycles. The van der Waals surface area contributed by atoms with E-state index in [0.29, 0.717) is 30.5 Å². The molecule has 1 fully saturated rings. The fourth-order valence-electron chi connectivity index (χ4n) is 3.06. The Morgan fingerprint density at radius 2 is 2.15 bits per heavy atom. The summed E-state index contributed by atoms with van der Waals surface area (Å²) in [7, 11) is -2.91. The lowest BCUT2D eigenvalue weighted by molar-refractivity contribution is -0.118. The molecule has 1 saturated heterocycles. The van der Waals surface area contributed by atoms with Gasteiger partial charge in [0.05, 0.1) is 17.3 Å². The molecule has 9 heteroatoms. The number of thioether (sulfide) groups is 1. The number of hydrogen-bond acceptors (Lipinski definition) is 7. The van der Waals surface area contributed by atoms with Crippen LogP contribution in [0.2, 0.25) is 0 Å². The summed E-state index contributed by atoms with van der Waals surface area (Å²) < 4.78 is 28.5. The number of aromatic nitrogens is 2. The highest BCUT2D eigenvalue weighted by Crippen LogP contribution is 2.23. The van der Waals surface area contributed by atoms with Gasteiger partial charge in [0, 0.05) is 13.0 Å². The molecule has 1 N–H and O–H groups in total. The number of amides is 1. The second kappa shape index (κ2) is 8.88. The van der Waals surface area contributed by atoms with Crippen LogP contribution < -0.4 is 5.32 Å². The summed E-state index contributed by atoms with van der Waals surface area (Å²) in [5.41, 5.74) is 2.44. The highest BCUT2D eigenvalue weighted by Gasteiger charge is 2.29. The van der Waals surface area contributed by atoms with E-state index >= 15 is 0 Å². The minimum Gasteiger partial charge on any atom is -0.416 e. The van der Waals surface area contributed by atoms with Crippen molar-refractivity contribution < 1.29 is 17.6 Å². The zero-order valence-electron chi connectivity index (χ0n) is 15.2. The van der Waals surface area contributed by atoms with Crippen molar-refractivity contribution in [2.45, 2.75) is 31.4 Å². The van der Waals surface area contributed by atoms with Crippen molar-refractivity contribution >= 4 is 27.5 Å². The van der Waals surface area contributed by atoms with Gasteiger partial charge in [-0.1, -0.05) is 36.0 Å². The van der Waals surface area contributed by atoms with Crippen LogP contribution in [0.5, 0.6) is 0 Å². The number of aryl methyl sites for hydroxylation is 1. The molecule has 0 saturated carbocycles. The zero-order valence-corrected chi connectivity index (χ0v) is 16.8. The summed E-state index contributed by atoms with van der Waals surface area (Å²) >= 11 is 1.19. The number of carbonyl (C=O) groups excluding carboxylic acids is 1. The number of hydrogen-bond donors (Lipinski definition) is 1. The second-order valence-corrected chi connectivity index (χ2v) is 9.91. The van der Waals surface area contributed by atoms with Gasteiger partial charge in [0.15, 0.2) is 9.84 Å². The smallest absolute Gasteiger partial charge is 0.277 e. The van der Waals surface area contributed by atoms with Crippen LogP contribution in [-0.4, -0.2) is 48.3 Å². The number of nitrogens with one attached hydrogen (secondary N) is 1. The average molecular weight is 410 g/mol. The van der Waals surface area contributed by atoms with Crippen LogP contribution in [0, 0.1) is 12.8 Å². The third-order valence-electron chi connectivity index (χ3n) is 4.54. The molecule has 1 aliphatic rings. The van der Waals surface area contributed by atoms with Gasteiger partial charge in [0.2, 0.25) is 11.8 Å². The van der Waals surface area contributed by atoms with E-state index in [1.54, 1.807) is 0 Å². The molecule has 0 bridgehead atoms. The predicted octanol–water partition coefficient (Wildman–Crippen LogP) is 1.81. The maximum Gasteiger partial charge on any atom is 0.277 e. The molecule has 1 amide bonds. The lowest BCUT2D eigenvalue weighted by atomic mass is 10.1. The van der Waals surface area contributed by atoms with Crippen molar-refractivity contribution in [2.75, 3.05) is 23.8 Å². The van der Waals surface area contributed by atoms with Gasteiger partial charge in [-0.3, -0.25) is 4.79 Å². The normalized spacial score (nSPS) is 18.5. The van der Waals surface area contributed by atoms with Crippen LogP contribution in [0.15, 0.2) is 33.9 Å². The molecular formula is C18H23N3O4S2. The van der Waals surface area contributed by atoms with Crippen LogP contribution in [0.1, 0.15) is 23.4 Å². The molecule has 2 aromatic rings. The first-order valence-electron chi connectivity index (χ1n) is 8.88. The molecule has 27 heavy (non-hydrogen) atoms. The molecule has 3 rings (SSSR count). The van der Waals surface area contributed by atoms with Gasteiger partial charge in [0.25, 0.3) is 5.22 Å². The number of benzene rings is 1. The minimum atomic E-state index is -2.91. The average Bonchev–Trinajstić information content (AvgIpc) is 3.21. The van der Waals surface area contributed by atoms with Gasteiger partial charge in [-0.25, -0.2) is 8.42 Å². The summed E-state index contributed by atoms with van der Waals surface area (Å²) in [5, 5.41) is 11.1. The van der Waals surface area contributed by atoms with Gasteiger partial charge in [0.1, 0.15) is 0 Å². The SMILES string of the molecule is Cc1ccccc1CCNC(=O)CSc1nnc(C[C@H]2CCS(=O)(=O)C2)o1. The molecule has 1 atom stereocenters. The van der Waals surface area contributed by atoms with Crippen LogP contribution in [-0.2, 0) is 27.5 Å². The van der Waals surface area contributed by atoms with E-state index in [0.717, 1.165) is 6.42 Å². The topological polar surface area (TPSA) is 102 Å². The molecule has 2 heterocycles. The molecule has 0 aliphatic carbocycles. The summed E-state index contributed by atoms with van der Waals surface area (Å²) in [4.78, 5) is 12.0. The molecule has 0 unspecified atom stereocenters. The van der Waals surface area contributed by atoms with Gasteiger partial charge in [-0.05, 0) is 36.8 Å². The van der Waals surface area contributed by atoms with Crippen LogP contribution in [0.4, 0.5) is 0 Å². The summed E-state index contributed by atoms with van der Waals surface area (Å²) in [6, 6.07) is 8.11. The zero-order chi connectivity index (χ0) is 19.3. The van der Waals surface area contributed by atoms with Gasteiger partial charge < -0.3 is 9.73 Å². The second-order valence-electron chi connectivity index (χ2n) is 6.75. The van der Waals surface area contributed by atoms with Crippen LogP contribution in [0.3, 0.4) is 0 Å². The van der Waals surface area contributed by atoms with E-state index < -0.39 is 9.84 Å². The van der Waals surface area contributed by atoms with E-state index in [1.165, 1.54) is 22.9 Å². The molecular weight excluding hydrogens is 386 g/mol. The van der Waals surface area contributed by atoms with Crippen molar-refractivity contribution in [3.63, 3.8) is 0 Å². The quantitative estimate of drug-likeness (QED) is 0.663. The molecule has 1 aromatic heterocycles. The molecule has 0 spiro atoms. The Morgan fingerprint density at radius 3 is 2.89 bits per heavy atom. The fraction of sp³-hybridized carbons (Fsp3) is 0.500. The first kappa shape index (κ1) is 19.9. The fourth-order valence-corrected chi connectivity index (χ4v) is 5.54. The lowest BCUT2D eigenvalue weighted by Crippen LogP contribution is -2.27. The highest BCUT2D eigenvalue weighted by molar-refractivity contribution is 7.99. The van der Waals surface area contributed by atoms with Crippen LogP contribution >= 0.6 is 11.8 Å². The van der Waals surface area contributed by atoms with E-state index in [2.05, 4.69) is 34.6 Å². The largest absolute Gasteiger partial charge is 0.416 e. The predicted molar refractivity (Wildman–Crippen MR) is 103 cm³/mol. The maximum absolute atomic E-state index is 12.0. The first-order valence-corrected chi connectivity index (χ1v) is 11.7. The summed E-state index contributed by atoms with van der Waals surface area (Å²) in [5.74, 6) is 0.998. The molecule has 146 valence electrons. The summed E-state index contributed by atoms with van der Waals surface area (Å²) in [6.45, 7) is 2.64. The molecule has 0 radical (unpaired) electrons. The Hall–Kier alpha value is -1.87. The Morgan fingerprint density at radius 1 is 1.33 bits per heavy atom. The number of rotatable bonds is 8. The first-order chi connectivity index (χ1) is 12.9. The monoisotopic (exact) mass is 409 g/mol. The van der Waals surface area contributed by atoms with Crippen molar-refractivity contribution in [3.05, 3.63) is 41.3 Å². The van der Waals surface area contributed by atoms with Crippen molar-refractivity contribution in [1.82, 2.24) is 15.5 Å². The number of nitrogens with zero attached hydrogens (tertiary/aromatic N) is 2. The Kier molecular flexibility index (Phi) is 6.54. The Labute approximate surface area is 163 Å². The maximum atomic E-state index is 12.0. The van der Waals surface area contributed by atoms with Crippen LogP contribution in [0.25, 0.3) is 0 Å². The third-order valence-corrected chi connectivity index (χ3v) is 7.20. The number of sulfone groups is 1. The lowest BCUT2D eigenvalue weighted by Gasteiger charge is -2.06. The standard InChI is InChI=1S/C18H23N3O4S2/c1-13-4-2-3-5-15(13)6-8-19-16(22)11-26-18-21-20-17(25-18)10-14-7-9-27(23,24)12-14/h2-5,14H,6-12H2,1H3,(H,19,22)/t14-/m1/s1. The Bertz CT molecular complexity index is 896. The highest BCUT2D eigenvalue weighted by atomic mass is 32.2. The van der Waals surface area contributed by atoms with Gasteiger partial charge >= 0.3 is 0 Å². The van der Waals surface area contributed by atoms with Crippen molar-refractivity contribution in [3.8, 4) is 0 Å². The Balaban J connectivity index is 1.38. The van der Waals surface area contributed by atoms with Gasteiger partial charge in [-0.15, -0.1) is 10.2 Å². The van der Waals surface area contributed by atoms with E-state index in [4.69, 9.17) is 4.42 Å². The summed E-state index contributed by atoms with van der Waals surface area (Å²) in [6.07, 6.45) is 1.89.